The maximum Gasteiger partial charge on any atom is 0.224 e. The zero-order valence-corrected chi connectivity index (χ0v) is 18.4. The molecule has 1 aliphatic rings. The molecule has 1 aromatic heterocycles. The van der Waals surface area contributed by atoms with Crippen LogP contribution in [0.1, 0.15) is 25.3 Å². The SMILES string of the molecule is CN=C(NCc1cccnc1Oc1cccc(F)c1)NCC1(C)CCCO1.I. The van der Waals surface area contributed by atoms with E-state index in [1.54, 1.807) is 25.4 Å². The minimum Gasteiger partial charge on any atom is -0.439 e. The van der Waals surface area contributed by atoms with E-state index in [1.165, 1.54) is 12.1 Å². The molecule has 3 rings (SSSR count). The average molecular weight is 500 g/mol. The van der Waals surface area contributed by atoms with Crippen molar-refractivity contribution in [1.82, 2.24) is 15.6 Å². The summed E-state index contributed by atoms with van der Waals surface area (Å²) in [5.74, 6) is 1.16. The molecule has 0 radical (unpaired) electrons. The number of ether oxygens (including phenoxy) is 2. The topological polar surface area (TPSA) is 67.8 Å². The highest BCUT2D eigenvalue weighted by Crippen LogP contribution is 2.24. The van der Waals surface area contributed by atoms with E-state index in [0.717, 1.165) is 25.0 Å². The van der Waals surface area contributed by atoms with Crippen molar-refractivity contribution in [2.24, 2.45) is 4.99 Å². The molecule has 1 aliphatic heterocycles. The first-order valence-electron chi connectivity index (χ1n) is 9.04. The van der Waals surface area contributed by atoms with Gasteiger partial charge in [-0.2, -0.15) is 0 Å². The van der Waals surface area contributed by atoms with Gasteiger partial charge in [-0.25, -0.2) is 9.37 Å². The predicted molar refractivity (Wildman–Crippen MR) is 118 cm³/mol. The fourth-order valence-electron chi connectivity index (χ4n) is 2.94. The molecule has 1 unspecified atom stereocenters. The lowest BCUT2D eigenvalue weighted by Crippen LogP contribution is -2.45. The number of hydrogen-bond donors (Lipinski definition) is 2. The number of aromatic nitrogens is 1. The Kier molecular flexibility index (Phi) is 8.43. The number of aliphatic imine (C=N–C) groups is 1. The van der Waals surface area contributed by atoms with Crippen molar-refractivity contribution in [1.29, 1.82) is 0 Å². The van der Waals surface area contributed by atoms with Crippen molar-refractivity contribution in [3.8, 4) is 11.6 Å². The number of nitrogens with one attached hydrogen (secondary N) is 2. The lowest BCUT2D eigenvalue weighted by molar-refractivity contribution is 0.0243. The molecule has 152 valence electrons. The quantitative estimate of drug-likeness (QED) is 0.358. The van der Waals surface area contributed by atoms with Crippen LogP contribution >= 0.6 is 24.0 Å². The van der Waals surface area contributed by atoms with Gasteiger partial charge in [0.15, 0.2) is 5.96 Å². The lowest BCUT2D eigenvalue weighted by Gasteiger charge is -2.24. The van der Waals surface area contributed by atoms with Crippen LogP contribution in [-0.4, -0.2) is 36.7 Å². The normalized spacial score (nSPS) is 19.0. The number of pyridine rings is 1. The van der Waals surface area contributed by atoms with Gasteiger partial charge in [0.25, 0.3) is 0 Å². The third-order valence-electron chi connectivity index (χ3n) is 4.46. The van der Waals surface area contributed by atoms with Crippen LogP contribution in [0, 0.1) is 5.82 Å². The zero-order chi connectivity index (χ0) is 19.1. The Morgan fingerprint density at radius 1 is 1.32 bits per heavy atom. The Morgan fingerprint density at radius 2 is 2.18 bits per heavy atom. The molecule has 1 saturated heterocycles. The van der Waals surface area contributed by atoms with Gasteiger partial charge in [0, 0.05) is 44.6 Å². The fraction of sp³-hybridized carbons (Fsp3) is 0.400. The molecule has 0 saturated carbocycles. The van der Waals surface area contributed by atoms with Crippen LogP contribution in [0.15, 0.2) is 47.6 Å². The van der Waals surface area contributed by atoms with Crippen LogP contribution < -0.4 is 15.4 Å². The van der Waals surface area contributed by atoms with Crippen LogP contribution in [0.4, 0.5) is 4.39 Å². The molecule has 1 atom stereocenters. The largest absolute Gasteiger partial charge is 0.439 e. The predicted octanol–water partition coefficient (Wildman–Crippen LogP) is 3.87. The van der Waals surface area contributed by atoms with Gasteiger partial charge in [-0.1, -0.05) is 12.1 Å². The van der Waals surface area contributed by atoms with E-state index >= 15 is 0 Å². The Hall–Kier alpha value is -1.94. The number of hydrogen-bond acceptors (Lipinski definition) is 4. The second-order valence-corrected chi connectivity index (χ2v) is 6.71. The van der Waals surface area contributed by atoms with E-state index in [9.17, 15) is 4.39 Å². The van der Waals surface area contributed by atoms with Crippen molar-refractivity contribution in [2.45, 2.75) is 31.9 Å². The summed E-state index contributed by atoms with van der Waals surface area (Å²) in [6, 6.07) is 9.73. The monoisotopic (exact) mass is 500 g/mol. The van der Waals surface area contributed by atoms with Gasteiger partial charge in [0.2, 0.25) is 5.88 Å². The third kappa shape index (κ3) is 6.30. The number of halogens is 2. The molecule has 1 fully saturated rings. The molecule has 28 heavy (non-hydrogen) atoms. The van der Waals surface area contributed by atoms with E-state index in [4.69, 9.17) is 9.47 Å². The molecule has 0 spiro atoms. The molecule has 0 bridgehead atoms. The van der Waals surface area contributed by atoms with Crippen LogP contribution in [0.25, 0.3) is 0 Å². The summed E-state index contributed by atoms with van der Waals surface area (Å²) in [5.41, 5.74) is 0.686. The molecule has 0 amide bonds. The highest BCUT2D eigenvalue weighted by molar-refractivity contribution is 14.0. The summed E-state index contributed by atoms with van der Waals surface area (Å²) in [7, 11) is 1.72. The van der Waals surface area contributed by atoms with Gasteiger partial charge in [-0.05, 0) is 38.0 Å². The minimum absolute atomic E-state index is 0. The Balaban J connectivity index is 0.00000280. The molecule has 2 N–H and O–H groups in total. The average Bonchev–Trinajstić information content (AvgIpc) is 3.10. The van der Waals surface area contributed by atoms with Gasteiger partial charge in [0.05, 0.1) is 5.60 Å². The molecule has 0 aliphatic carbocycles. The Morgan fingerprint density at radius 3 is 2.89 bits per heavy atom. The molecule has 2 aromatic rings. The summed E-state index contributed by atoms with van der Waals surface area (Å²) in [6.45, 7) is 4.06. The van der Waals surface area contributed by atoms with E-state index in [2.05, 4.69) is 27.5 Å². The number of benzene rings is 1. The summed E-state index contributed by atoms with van der Waals surface area (Å²) in [6.07, 6.45) is 3.76. The zero-order valence-electron chi connectivity index (χ0n) is 16.1. The van der Waals surface area contributed by atoms with Gasteiger partial charge in [-0.15, -0.1) is 24.0 Å². The Bertz CT molecular complexity index is 797. The van der Waals surface area contributed by atoms with Crippen LogP contribution in [0.3, 0.4) is 0 Å². The molecule has 6 nitrogen and oxygen atoms in total. The minimum atomic E-state index is -0.352. The molecule has 1 aromatic carbocycles. The van der Waals surface area contributed by atoms with E-state index in [-0.39, 0.29) is 35.4 Å². The summed E-state index contributed by atoms with van der Waals surface area (Å²) >= 11 is 0. The smallest absolute Gasteiger partial charge is 0.224 e. The molecule has 8 heteroatoms. The van der Waals surface area contributed by atoms with Crippen molar-refractivity contribution < 1.29 is 13.9 Å². The van der Waals surface area contributed by atoms with E-state index in [0.29, 0.717) is 30.7 Å². The number of nitrogens with zero attached hydrogens (tertiary/aromatic N) is 2. The Labute approximate surface area is 182 Å². The molecular weight excluding hydrogens is 474 g/mol. The van der Waals surface area contributed by atoms with Gasteiger partial charge >= 0.3 is 0 Å². The standard InChI is InChI=1S/C20H25FN4O2.HI/c1-20(9-5-11-26-20)14-25-19(22-2)24-13-15-6-4-10-23-18(15)27-17-8-3-7-16(21)12-17;/h3-4,6-8,10,12H,5,9,11,13-14H2,1-2H3,(H2,22,24,25);1H. The van der Waals surface area contributed by atoms with Crippen molar-refractivity contribution in [3.05, 3.63) is 54.0 Å². The highest BCUT2D eigenvalue weighted by atomic mass is 127. The van der Waals surface area contributed by atoms with Crippen molar-refractivity contribution >= 4 is 29.9 Å². The van der Waals surface area contributed by atoms with E-state index in [1.807, 2.05) is 12.1 Å². The highest BCUT2D eigenvalue weighted by Gasteiger charge is 2.29. The van der Waals surface area contributed by atoms with Crippen molar-refractivity contribution in [3.63, 3.8) is 0 Å². The summed E-state index contributed by atoms with van der Waals surface area (Å²) in [4.78, 5) is 8.51. The first kappa shape index (κ1) is 22.4. The fourth-order valence-corrected chi connectivity index (χ4v) is 2.94. The molecular formula is C20H26FIN4O2. The second-order valence-electron chi connectivity index (χ2n) is 6.71. The second kappa shape index (κ2) is 10.6. The number of guanidine groups is 1. The van der Waals surface area contributed by atoms with Crippen molar-refractivity contribution in [2.75, 3.05) is 20.2 Å². The van der Waals surface area contributed by atoms with Crippen LogP contribution in [0.2, 0.25) is 0 Å². The van der Waals surface area contributed by atoms with Gasteiger partial charge in [0.1, 0.15) is 11.6 Å². The maximum atomic E-state index is 13.4. The van der Waals surface area contributed by atoms with E-state index < -0.39 is 0 Å². The first-order valence-corrected chi connectivity index (χ1v) is 9.04. The third-order valence-corrected chi connectivity index (χ3v) is 4.46. The maximum absolute atomic E-state index is 13.4. The summed E-state index contributed by atoms with van der Waals surface area (Å²) < 4.78 is 24.9. The lowest BCUT2D eigenvalue weighted by atomic mass is 10.0. The van der Waals surface area contributed by atoms with Gasteiger partial charge in [-0.3, -0.25) is 4.99 Å². The van der Waals surface area contributed by atoms with Gasteiger partial charge < -0.3 is 20.1 Å². The summed E-state index contributed by atoms with van der Waals surface area (Å²) in [5, 5.41) is 6.56. The van der Waals surface area contributed by atoms with Crippen LogP contribution in [-0.2, 0) is 11.3 Å². The molecule has 2 heterocycles. The van der Waals surface area contributed by atoms with Crippen LogP contribution in [0.5, 0.6) is 11.6 Å². The first-order chi connectivity index (χ1) is 13.1. The number of rotatable bonds is 6.